The molecular formula is C21H28Si2. The van der Waals surface area contributed by atoms with Crippen LogP contribution in [0.5, 0.6) is 0 Å². The third kappa shape index (κ3) is 4.96. The van der Waals surface area contributed by atoms with Crippen LogP contribution >= 0.6 is 0 Å². The van der Waals surface area contributed by atoms with E-state index in [9.17, 15) is 0 Å². The maximum atomic E-state index is 3.56. The topological polar surface area (TPSA) is 0 Å². The number of allylic oxidation sites excluding steroid dienone is 1. The van der Waals surface area contributed by atoms with Gasteiger partial charge in [0.15, 0.2) is 0 Å². The van der Waals surface area contributed by atoms with Crippen LogP contribution in [0.15, 0.2) is 42.1 Å². The first-order valence-electron chi connectivity index (χ1n) is 8.32. The zero-order chi connectivity index (χ0) is 17.3. The molecule has 0 spiro atoms. The standard InChI is InChI=1S/C21H28Si2/c1-17-20-11-9-8-10-18(20)12-13-21(17)19(16-23(5,6)7)14-15-22(2,3)4/h8-13,16H,1-7H3/b19-16+. The largest absolute Gasteiger partial charge is 0.129 e. The van der Waals surface area contributed by atoms with Gasteiger partial charge in [-0.15, -0.1) is 5.54 Å². The maximum absolute atomic E-state index is 3.56. The van der Waals surface area contributed by atoms with E-state index in [1.54, 1.807) is 0 Å². The summed E-state index contributed by atoms with van der Waals surface area (Å²) in [5.41, 5.74) is 9.90. The highest BCUT2D eigenvalue weighted by Crippen LogP contribution is 2.28. The van der Waals surface area contributed by atoms with Gasteiger partial charge in [-0.1, -0.05) is 87.3 Å². The average Bonchev–Trinajstić information content (AvgIpc) is 2.42. The molecule has 0 aliphatic heterocycles. The van der Waals surface area contributed by atoms with Crippen LogP contribution in [0.3, 0.4) is 0 Å². The lowest BCUT2D eigenvalue weighted by molar-refractivity contribution is 1.48. The van der Waals surface area contributed by atoms with E-state index in [0.717, 1.165) is 0 Å². The van der Waals surface area contributed by atoms with E-state index in [1.165, 1.54) is 27.5 Å². The van der Waals surface area contributed by atoms with Gasteiger partial charge >= 0.3 is 0 Å². The Morgan fingerprint density at radius 1 is 0.913 bits per heavy atom. The number of hydrogen-bond donors (Lipinski definition) is 0. The summed E-state index contributed by atoms with van der Waals surface area (Å²) in [5, 5.41) is 2.64. The van der Waals surface area contributed by atoms with Crippen molar-refractivity contribution in [1.29, 1.82) is 0 Å². The van der Waals surface area contributed by atoms with Crippen molar-refractivity contribution in [3.05, 3.63) is 53.2 Å². The van der Waals surface area contributed by atoms with Gasteiger partial charge in [0.25, 0.3) is 0 Å². The van der Waals surface area contributed by atoms with Gasteiger partial charge in [-0.3, -0.25) is 0 Å². The number of hydrogen-bond acceptors (Lipinski definition) is 0. The SMILES string of the molecule is Cc1c(/C(C#C[Si](C)(C)C)=C/[Si](C)(C)C)ccc2ccccc12. The van der Waals surface area contributed by atoms with Gasteiger partial charge in [-0.05, 0) is 28.8 Å². The van der Waals surface area contributed by atoms with Crippen molar-refractivity contribution in [3.63, 3.8) is 0 Å². The molecule has 0 heterocycles. The van der Waals surface area contributed by atoms with Gasteiger partial charge in [-0.25, -0.2) is 0 Å². The molecular weight excluding hydrogens is 308 g/mol. The molecule has 2 rings (SSSR count). The minimum absolute atomic E-state index is 1.23. The molecule has 0 radical (unpaired) electrons. The molecule has 0 atom stereocenters. The third-order valence-corrected chi connectivity index (χ3v) is 5.67. The van der Waals surface area contributed by atoms with Gasteiger partial charge in [-0.2, -0.15) is 0 Å². The zero-order valence-corrected chi connectivity index (χ0v) is 17.5. The molecule has 2 aromatic rings. The normalized spacial score (nSPS) is 12.9. The van der Waals surface area contributed by atoms with Crippen molar-refractivity contribution in [2.75, 3.05) is 0 Å². The van der Waals surface area contributed by atoms with E-state index in [-0.39, 0.29) is 0 Å². The lowest BCUT2D eigenvalue weighted by Gasteiger charge is -2.15. The molecule has 0 saturated heterocycles. The third-order valence-electron chi connectivity index (χ3n) is 3.64. The van der Waals surface area contributed by atoms with Crippen LogP contribution < -0.4 is 0 Å². The molecule has 0 unspecified atom stereocenters. The highest BCUT2D eigenvalue weighted by molar-refractivity contribution is 6.84. The molecule has 23 heavy (non-hydrogen) atoms. The number of benzene rings is 2. The first-order chi connectivity index (χ1) is 10.6. The van der Waals surface area contributed by atoms with E-state index in [4.69, 9.17) is 0 Å². The van der Waals surface area contributed by atoms with Crippen LogP contribution in [-0.2, 0) is 0 Å². The van der Waals surface area contributed by atoms with E-state index >= 15 is 0 Å². The molecule has 0 fully saturated rings. The predicted molar refractivity (Wildman–Crippen MR) is 111 cm³/mol. The van der Waals surface area contributed by atoms with E-state index in [2.05, 4.69) is 99.8 Å². The van der Waals surface area contributed by atoms with Crippen LogP contribution in [0.2, 0.25) is 39.3 Å². The van der Waals surface area contributed by atoms with Crippen LogP contribution in [0, 0.1) is 18.4 Å². The Balaban J connectivity index is 2.67. The maximum Gasteiger partial charge on any atom is 0.129 e. The molecule has 0 aromatic heterocycles. The fourth-order valence-electron chi connectivity index (χ4n) is 2.59. The zero-order valence-electron chi connectivity index (χ0n) is 15.5. The Kier molecular flexibility index (Phi) is 5.03. The summed E-state index contributed by atoms with van der Waals surface area (Å²) in [6, 6.07) is 13.1. The summed E-state index contributed by atoms with van der Waals surface area (Å²) in [5.74, 6) is 3.55. The van der Waals surface area contributed by atoms with E-state index in [0.29, 0.717) is 0 Å². The Bertz CT molecular complexity index is 804. The minimum Gasteiger partial charge on any atom is -0.127 e. The smallest absolute Gasteiger partial charge is 0.127 e. The second-order valence-electron chi connectivity index (χ2n) is 8.38. The van der Waals surface area contributed by atoms with Crippen LogP contribution in [0.4, 0.5) is 0 Å². The first-order valence-corrected chi connectivity index (χ1v) is 15.4. The van der Waals surface area contributed by atoms with Crippen molar-refractivity contribution < 1.29 is 0 Å². The molecule has 0 aliphatic rings. The summed E-state index contributed by atoms with van der Waals surface area (Å²) in [6.45, 7) is 16.3. The highest BCUT2D eigenvalue weighted by Gasteiger charge is 2.15. The summed E-state index contributed by atoms with van der Waals surface area (Å²) in [7, 11) is -2.72. The molecule has 120 valence electrons. The average molecular weight is 337 g/mol. The molecule has 0 bridgehead atoms. The van der Waals surface area contributed by atoms with Crippen molar-refractivity contribution in [3.8, 4) is 11.5 Å². The van der Waals surface area contributed by atoms with Gasteiger partial charge < -0.3 is 0 Å². The highest BCUT2D eigenvalue weighted by atomic mass is 28.3. The lowest BCUT2D eigenvalue weighted by atomic mass is 9.96. The van der Waals surface area contributed by atoms with Gasteiger partial charge in [0.05, 0.1) is 8.07 Å². The van der Waals surface area contributed by atoms with Crippen molar-refractivity contribution in [2.45, 2.75) is 46.2 Å². The molecule has 0 N–H and O–H groups in total. The predicted octanol–water partition coefficient (Wildman–Crippen LogP) is 6.29. The fraction of sp³-hybridized carbons (Fsp3) is 0.333. The summed E-state index contributed by atoms with van der Waals surface area (Å²) in [6.07, 6.45) is 0. The van der Waals surface area contributed by atoms with Gasteiger partial charge in [0.2, 0.25) is 0 Å². The number of rotatable bonds is 2. The monoisotopic (exact) mass is 336 g/mol. The Morgan fingerprint density at radius 3 is 2.17 bits per heavy atom. The van der Waals surface area contributed by atoms with E-state index < -0.39 is 16.1 Å². The Labute approximate surface area is 143 Å². The number of fused-ring (bicyclic) bond motifs is 1. The Morgan fingerprint density at radius 2 is 1.57 bits per heavy atom. The van der Waals surface area contributed by atoms with Crippen molar-refractivity contribution >= 4 is 32.5 Å². The lowest BCUT2D eigenvalue weighted by Crippen LogP contribution is -2.18. The molecule has 0 saturated carbocycles. The molecule has 0 amide bonds. The van der Waals surface area contributed by atoms with E-state index in [1.807, 2.05) is 0 Å². The molecule has 0 nitrogen and oxygen atoms in total. The van der Waals surface area contributed by atoms with Crippen LogP contribution in [0.25, 0.3) is 16.3 Å². The van der Waals surface area contributed by atoms with Gasteiger partial charge in [0.1, 0.15) is 8.07 Å². The summed E-state index contributed by atoms with van der Waals surface area (Å²) >= 11 is 0. The molecule has 2 aromatic carbocycles. The van der Waals surface area contributed by atoms with Gasteiger partial charge in [0, 0.05) is 5.57 Å². The number of aryl methyl sites for hydroxylation is 1. The fourth-order valence-corrected chi connectivity index (χ4v) is 4.19. The first kappa shape index (κ1) is 17.8. The summed E-state index contributed by atoms with van der Waals surface area (Å²) < 4.78 is 0. The minimum atomic E-state index is -1.39. The van der Waals surface area contributed by atoms with Crippen molar-refractivity contribution in [2.24, 2.45) is 0 Å². The quantitative estimate of drug-likeness (QED) is 0.446. The molecule has 2 heteroatoms. The second kappa shape index (κ2) is 6.51. The second-order valence-corrected chi connectivity index (χ2v) is 18.2. The van der Waals surface area contributed by atoms with Crippen molar-refractivity contribution in [1.82, 2.24) is 0 Å². The summed E-state index contributed by atoms with van der Waals surface area (Å²) in [4.78, 5) is 0. The Hall–Kier alpha value is -1.57. The molecule has 0 aliphatic carbocycles. The van der Waals surface area contributed by atoms with Crippen LogP contribution in [0.1, 0.15) is 11.1 Å². The van der Waals surface area contributed by atoms with Crippen LogP contribution in [-0.4, -0.2) is 16.1 Å².